The van der Waals surface area contributed by atoms with Crippen LogP contribution in [0.2, 0.25) is 5.02 Å². The maximum absolute atomic E-state index is 12.8. The van der Waals surface area contributed by atoms with E-state index in [1.807, 2.05) is 41.1 Å². The Kier molecular flexibility index (Phi) is 10.0. The van der Waals surface area contributed by atoms with Crippen LogP contribution in [0.5, 0.6) is 0 Å². The van der Waals surface area contributed by atoms with Crippen molar-refractivity contribution in [2.24, 2.45) is 0 Å². The zero-order valence-electron chi connectivity index (χ0n) is 20.6. The Hall–Kier alpha value is -3.29. The average molecular weight is 533 g/mol. The molecule has 8 heteroatoms. The summed E-state index contributed by atoms with van der Waals surface area (Å²) < 4.78 is 1.99. The molecule has 0 N–H and O–H groups in total. The van der Waals surface area contributed by atoms with Crippen LogP contribution in [-0.4, -0.2) is 31.1 Å². The van der Waals surface area contributed by atoms with Crippen LogP contribution in [0.4, 0.5) is 0 Å². The van der Waals surface area contributed by atoms with E-state index in [4.69, 9.17) is 11.6 Å². The highest BCUT2D eigenvalue weighted by Gasteiger charge is 2.12. The van der Waals surface area contributed by atoms with E-state index in [0.29, 0.717) is 28.6 Å². The summed E-state index contributed by atoms with van der Waals surface area (Å²) >= 11 is 7.49. The second kappa shape index (κ2) is 13.9. The number of hydrogen-bond acceptors (Lipinski definition) is 6. The molecule has 0 unspecified atom stereocenters. The highest BCUT2D eigenvalue weighted by molar-refractivity contribution is 7.99. The number of carbonyl (C=O) groups is 1. The Morgan fingerprint density at radius 3 is 2.35 bits per heavy atom. The summed E-state index contributed by atoms with van der Waals surface area (Å²) in [7, 11) is 0. The number of halogens is 1. The highest BCUT2D eigenvalue weighted by atomic mass is 35.5. The van der Waals surface area contributed by atoms with Crippen LogP contribution in [0.15, 0.2) is 89.5 Å². The zero-order valence-corrected chi connectivity index (χ0v) is 22.1. The van der Waals surface area contributed by atoms with Crippen LogP contribution < -0.4 is 5.56 Å². The largest absolute Gasteiger partial charge is 0.296 e. The highest BCUT2D eigenvalue weighted by Crippen LogP contribution is 2.22. The summed E-state index contributed by atoms with van der Waals surface area (Å²) in [5, 5.41) is 1.33. The van der Waals surface area contributed by atoms with Gasteiger partial charge in [-0.25, -0.2) is 9.97 Å². The molecular formula is C29H29ClN4O2S. The van der Waals surface area contributed by atoms with Crippen LogP contribution in [-0.2, 0) is 6.42 Å². The van der Waals surface area contributed by atoms with Crippen LogP contribution in [0.25, 0.3) is 5.69 Å². The maximum atomic E-state index is 12.8. The van der Waals surface area contributed by atoms with Gasteiger partial charge in [0.2, 0.25) is 0 Å². The first-order valence-electron chi connectivity index (χ1n) is 12.4. The number of nitrogens with zero attached hydrogens (tertiary/aromatic N) is 4. The van der Waals surface area contributed by atoms with Crippen molar-refractivity contribution in [2.45, 2.75) is 50.1 Å². The Balaban J connectivity index is 1.28. The number of benzene rings is 2. The lowest BCUT2D eigenvalue weighted by Gasteiger charge is -2.14. The van der Waals surface area contributed by atoms with Crippen molar-refractivity contribution in [2.75, 3.05) is 5.75 Å². The molecule has 4 rings (SSSR count). The minimum atomic E-state index is -0.219. The Bertz CT molecular complexity index is 1350. The number of rotatable bonds is 13. The van der Waals surface area contributed by atoms with Crippen LogP contribution >= 0.6 is 23.4 Å². The Morgan fingerprint density at radius 2 is 1.59 bits per heavy atom. The van der Waals surface area contributed by atoms with Crippen molar-refractivity contribution in [1.29, 1.82) is 0 Å². The van der Waals surface area contributed by atoms with Gasteiger partial charge in [0, 0.05) is 59.0 Å². The number of unbranched alkanes of at least 4 members (excludes halogenated alkanes) is 4. The molecule has 0 saturated carbocycles. The summed E-state index contributed by atoms with van der Waals surface area (Å²) in [6.07, 6.45) is 12.9. The standard InChI is InChI=1S/C29H29ClN4O2S/c30-25-14-12-23(13-15-25)27(35)11-7-2-1-3-8-16-37-29-33-28(36)24(17-22-18-31-21-32-19-22)20-34(29)26-9-5-4-6-10-26/h4-6,9-10,12-15,18-21H,1-3,7-8,11,16-17H2. The smallest absolute Gasteiger partial charge is 0.277 e. The van der Waals surface area contributed by atoms with Gasteiger partial charge in [0.05, 0.1) is 0 Å². The molecule has 190 valence electrons. The lowest BCUT2D eigenvalue weighted by Crippen LogP contribution is -2.19. The summed E-state index contributed by atoms with van der Waals surface area (Å²) in [5.74, 6) is 1.04. The number of Topliss-reactive ketones (excluding diaryl/α,β-unsaturated/α-hetero) is 1. The van der Waals surface area contributed by atoms with Gasteiger partial charge >= 0.3 is 0 Å². The molecule has 0 fully saturated rings. The molecule has 2 heterocycles. The lowest BCUT2D eigenvalue weighted by molar-refractivity contribution is 0.0979. The van der Waals surface area contributed by atoms with Crippen molar-refractivity contribution < 1.29 is 4.79 Å². The zero-order chi connectivity index (χ0) is 25.9. The Labute approximate surface area is 226 Å². The van der Waals surface area contributed by atoms with E-state index in [-0.39, 0.29) is 11.3 Å². The normalized spacial score (nSPS) is 10.9. The van der Waals surface area contributed by atoms with Crippen LogP contribution in [0.3, 0.4) is 0 Å². The first-order chi connectivity index (χ1) is 18.1. The van der Waals surface area contributed by atoms with Crippen molar-refractivity contribution in [3.05, 3.63) is 112 Å². The number of aromatic nitrogens is 4. The molecule has 0 radical (unpaired) electrons. The Morgan fingerprint density at radius 1 is 0.892 bits per heavy atom. The second-order valence-corrected chi connectivity index (χ2v) is 10.3. The number of hydrogen-bond donors (Lipinski definition) is 0. The van der Waals surface area contributed by atoms with Crippen molar-refractivity contribution in [3.63, 3.8) is 0 Å². The molecular weight excluding hydrogens is 504 g/mol. The average Bonchev–Trinajstić information content (AvgIpc) is 2.93. The predicted octanol–water partition coefficient (Wildman–Crippen LogP) is 6.58. The topological polar surface area (TPSA) is 77.7 Å². The van der Waals surface area contributed by atoms with E-state index >= 15 is 0 Å². The molecule has 0 amide bonds. The molecule has 6 nitrogen and oxygen atoms in total. The van der Waals surface area contributed by atoms with E-state index in [9.17, 15) is 9.59 Å². The number of para-hydroxylation sites is 1. The summed E-state index contributed by atoms with van der Waals surface area (Å²) in [6, 6.07) is 17.0. The fourth-order valence-corrected chi connectivity index (χ4v) is 5.08. The maximum Gasteiger partial charge on any atom is 0.277 e. The van der Waals surface area contributed by atoms with Crippen molar-refractivity contribution in [3.8, 4) is 5.69 Å². The molecule has 37 heavy (non-hydrogen) atoms. The van der Waals surface area contributed by atoms with Gasteiger partial charge in [-0.05, 0) is 54.8 Å². The van der Waals surface area contributed by atoms with Gasteiger partial charge in [-0.3, -0.25) is 14.2 Å². The molecule has 0 spiro atoms. The van der Waals surface area contributed by atoms with Gasteiger partial charge in [-0.2, -0.15) is 4.98 Å². The van der Waals surface area contributed by atoms with Gasteiger partial charge < -0.3 is 0 Å². The van der Waals surface area contributed by atoms with E-state index in [1.165, 1.54) is 6.33 Å². The van der Waals surface area contributed by atoms with Gasteiger partial charge in [0.15, 0.2) is 10.9 Å². The molecule has 0 atom stereocenters. The van der Waals surface area contributed by atoms with Gasteiger partial charge in [-0.15, -0.1) is 0 Å². The third kappa shape index (κ3) is 8.10. The predicted molar refractivity (Wildman–Crippen MR) is 149 cm³/mol. The fraction of sp³-hybridized carbons (Fsp3) is 0.276. The first-order valence-corrected chi connectivity index (χ1v) is 13.8. The molecule has 0 bridgehead atoms. The number of thioether (sulfide) groups is 1. The number of carbonyl (C=O) groups excluding carboxylic acids is 1. The molecule has 2 aromatic carbocycles. The van der Waals surface area contributed by atoms with Crippen LogP contribution in [0.1, 0.15) is 60.0 Å². The lowest BCUT2D eigenvalue weighted by atomic mass is 10.0. The third-order valence-corrected chi connectivity index (χ3v) is 7.24. The fourth-order valence-electron chi connectivity index (χ4n) is 3.98. The van der Waals surface area contributed by atoms with E-state index in [0.717, 1.165) is 54.7 Å². The molecule has 0 aliphatic carbocycles. The summed E-state index contributed by atoms with van der Waals surface area (Å²) in [5.41, 5.74) is 2.95. The van der Waals surface area contributed by atoms with Gasteiger partial charge in [0.25, 0.3) is 5.56 Å². The quantitative estimate of drug-likeness (QED) is 0.0837. The molecule has 0 aliphatic rings. The third-order valence-electron chi connectivity index (χ3n) is 5.95. The minimum Gasteiger partial charge on any atom is -0.296 e. The summed E-state index contributed by atoms with van der Waals surface area (Å²) in [6.45, 7) is 0. The SMILES string of the molecule is O=C(CCCCCCCSc1nc(=O)c(Cc2cncnc2)cn1-c1ccccc1)c1ccc(Cl)cc1. The van der Waals surface area contributed by atoms with Crippen LogP contribution in [0, 0.1) is 0 Å². The van der Waals surface area contributed by atoms with Crippen molar-refractivity contribution in [1.82, 2.24) is 19.5 Å². The minimum absolute atomic E-state index is 0.167. The van der Waals surface area contributed by atoms with E-state index in [1.54, 1.807) is 48.4 Å². The van der Waals surface area contributed by atoms with E-state index in [2.05, 4.69) is 15.0 Å². The molecule has 0 aliphatic heterocycles. The first kappa shape index (κ1) is 26.8. The van der Waals surface area contributed by atoms with Crippen molar-refractivity contribution >= 4 is 29.1 Å². The molecule has 2 aromatic heterocycles. The van der Waals surface area contributed by atoms with Gasteiger partial charge in [-0.1, -0.05) is 60.8 Å². The molecule has 4 aromatic rings. The van der Waals surface area contributed by atoms with Gasteiger partial charge in [0.1, 0.15) is 6.33 Å². The second-order valence-electron chi connectivity index (χ2n) is 8.78. The summed E-state index contributed by atoms with van der Waals surface area (Å²) in [4.78, 5) is 37.6. The number of ketones is 1. The molecule has 0 saturated heterocycles. The van der Waals surface area contributed by atoms with E-state index < -0.39 is 0 Å². The monoisotopic (exact) mass is 532 g/mol.